The van der Waals surface area contributed by atoms with Crippen LogP contribution in [0.3, 0.4) is 0 Å². The highest BCUT2D eigenvalue weighted by Gasteiger charge is 2.16. The van der Waals surface area contributed by atoms with Gasteiger partial charge in [0.2, 0.25) is 11.2 Å². The lowest BCUT2D eigenvalue weighted by Gasteiger charge is -2.19. The molecule has 392 valence electrons. The third-order valence-electron chi connectivity index (χ3n) is 14.8. The van der Waals surface area contributed by atoms with E-state index in [2.05, 4.69) is 39.1 Å². The van der Waals surface area contributed by atoms with E-state index >= 15 is 0 Å². The van der Waals surface area contributed by atoms with Crippen molar-refractivity contribution in [3.05, 3.63) is 22.2 Å². The maximum Gasteiger partial charge on any atom is 0.322 e. The molecule has 0 saturated heterocycles. The van der Waals surface area contributed by atoms with E-state index < -0.39 is 0 Å². The van der Waals surface area contributed by atoms with Crippen LogP contribution in [-0.4, -0.2) is 55.9 Å². The Morgan fingerprint density at radius 1 is 0.500 bits per heavy atom. The number of anilines is 1. The number of halogens is 2. The van der Waals surface area contributed by atoms with Crippen LogP contribution >= 0.6 is 23.2 Å². The van der Waals surface area contributed by atoms with Gasteiger partial charge in [-0.1, -0.05) is 250 Å². The summed E-state index contributed by atoms with van der Waals surface area (Å²) in [4.78, 5) is 22.2. The summed E-state index contributed by atoms with van der Waals surface area (Å²) in [6.07, 6.45) is 51.2. The van der Waals surface area contributed by atoms with Gasteiger partial charge in [-0.2, -0.15) is 19.9 Å². The Kier molecular flexibility index (Phi) is 36.9. The van der Waals surface area contributed by atoms with Crippen LogP contribution < -0.4 is 14.8 Å². The summed E-state index contributed by atoms with van der Waals surface area (Å²) in [6.45, 7) is 8.08. The van der Waals surface area contributed by atoms with Gasteiger partial charge in [0.05, 0.1) is 13.2 Å². The Hall–Kier alpha value is -1.97. The fourth-order valence-corrected chi connectivity index (χ4v) is 10.9. The molecule has 2 aromatic rings. The van der Waals surface area contributed by atoms with Gasteiger partial charge >= 0.3 is 12.0 Å². The van der Waals surface area contributed by atoms with Crippen LogP contribution in [0.25, 0.3) is 0 Å². The molecule has 3 rings (SSSR count). The van der Waals surface area contributed by atoms with Crippen molar-refractivity contribution < 1.29 is 14.6 Å². The zero-order valence-corrected chi connectivity index (χ0v) is 45.6. The average molecular weight is 990 g/mol. The Morgan fingerprint density at radius 3 is 1.35 bits per heavy atom. The second kappa shape index (κ2) is 41.6. The number of aliphatic hydroxyl groups is 1. The Balaban J connectivity index is 1.30. The molecule has 0 amide bonds. The maximum absolute atomic E-state index is 9.83. The van der Waals surface area contributed by atoms with Gasteiger partial charge in [0.15, 0.2) is 0 Å². The number of aliphatic hydroxyl groups excluding tert-OH is 1. The van der Waals surface area contributed by atoms with Crippen molar-refractivity contribution in [2.45, 2.75) is 284 Å². The Labute approximate surface area is 427 Å². The van der Waals surface area contributed by atoms with Crippen LogP contribution in [0, 0.1) is 24.7 Å². The topological polar surface area (TPSA) is 115 Å². The third kappa shape index (κ3) is 32.1. The molecule has 1 aliphatic carbocycles. The number of aryl methyl sites for hydroxylation is 1. The first-order chi connectivity index (χ1) is 33.4. The highest BCUT2D eigenvalue weighted by atomic mass is 35.5. The molecule has 68 heavy (non-hydrogen) atoms. The molecular weight excluding hydrogens is 888 g/mol. The molecule has 0 aliphatic heterocycles. The van der Waals surface area contributed by atoms with E-state index in [1.54, 1.807) is 6.07 Å². The van der Waals surface area contributed by atoms with E-state index in [9.17, 15) is 5.11 Å². The SMILES string of the molecule is CCCCCCC(CCCCCCCC(CCO)CCCCCCCC(CCCCC)CCOc1nc(Cl)nc(NC2CCCCCCCCCCCCCC2)n1)CCOc1nc(C)cc(Cl)n1. The van der Waals surface area contributed by atoms with Gasteiger partial charge in [0.25, 0.3) is 0 Å². The minimum Gasteiger partial charge on any atom is -0.463 e. The predicted octanol–water partition coefficient (Wildman–Crippen LogP) is 18.0. The number of aromatic nitrogens is 5. The molecule has 0 spiro atoms. The fourth-order valence-electron chi connectivity index (χ4n) is 10.5. The van der Waals surface area contributed by atoms with Gasteiger partial charge in [0.1, 0.15) is 5.15 Å². The van der Waals surface area contributed by atoms with Crippen molar-refractivity contribution in [1.82, 2.24) is 24.9 Å². The van der Waals surface area contributed by atoms with Gasteiger partial charge in [-0.05, 0) is 74.4 Å². The van der Waals surface area contributed by atoms with Crippen molar-refractivity contribution in [3.63, 3.8) is 0 Å². The lowest BCUT2D eigenvalue weighted by molar-refractivity contribution is 0.240. The predicted molar refractivity (Wildman–Crippen MR) is 289 cm³/mol. The van der Waals surface area contributed by atoms with Gasteiger partial charge in [0, 0.05) is 18.3 Å². The number of hydrogen-bond acceptors (Lipinski definition) is 9. The van der Waals surface area contributed by atoms with Gasteiger partial charge < -0.3 is 19.9 Å². The molecule has 1 saturated carbocycles. The molecule has 2 heterocycles. The van der Waals surface area contributed by atoms with Crippen LogP contribution in [0.4, 0.5) is 5.95 Å². The van der Waals surface area contributed by atoms with E-state index in [0.717, 1.165) is 37.8 Å². The van der Waals surface area contributed by atoms with Crippen molar-refractivity contribution in [3.8, 4) is 12.0 Å². The minimum absolute atomic E-state index is 0.205. The quantitative estimate of drug-likeness (QED) is 0.0504. The number of ether oxygens (including phenoxy) is 2. The molecule has 3 unspecified atom stereocenters. The van der Waals surface area contributed by atoms with Gasteiger partial charge in [-0.3, -0.25) is 0 Å². The second-order valence-corrected chi connectivity index (χ2v) is 21.6. The zero-order valence-electron chi connectivity index (χ0n) is 44.0. The molecule has 0 radical (unpaired) electrons. The first-order valence-corrected chi connectivity index (χ1v) is 29.7. The summed E-state index contributed by atoms with van der Waals surface area (Å²) in [5.74, 6) is 2.58. The molecule has 3 atom stereocenters. The van der Waals surface area contributed by atoms with Crippen molar-refractivity contribution in [2.75, 3.05) is 25.1 Å². The largest absolute Gasteiger partial charge is 0.463 e. The summed E-state index contributed by atoms with van der Waals surface area (Å²) >= 11 is 12.6. The van der Waals surface area contributed by atoms with Crippen molar-refractivity contribution >= 4 is 29.2 Å². The lowest BCUT2D eigenvalue weighted by atomic mass is 9.90. The molecule has 11 heteroatoms. The second-order valence-electron chi connectivity index (χ2n) is 20.9. The zero-order chi connectivity index (χ0) is 48.5. The highest BCUT2D eigenvalue weighted by molar-refractivity contribution is 6.29. The summed E-state index contributed by atoms with van der Waals surface area (Å²) in [5.41, 5.74) is 0.837. The summed E-state index contributed by atoms with van der Waals surface area (Å²) in [5, 5.41) is 14.1. The molecule has 1 fully saturated rings. The summed E-state index contributed by atoms with van der Waals surface area (Å²) in [7, 11) is 0. The fraction of sp³-hybridized carbons (Fsp3) is 0.877. The van der Waals surface area contributed by atoms with Crippen LogP contribution in [0.15, 0.2) is 6.07 Å². The summed E-state index contributed by atoms with van der Waals surface area (Å²) in [6, 6.07) is 2.87. The van der Waals surface area contributed by atoms with Crippen molar-refractivity contribution in [2.24, 2.45) is 17.8 Å². The van der Waals surface area contributed by atoms with E-state index in [1.165, 1.54) is 225 Å². The molecule has 2 aromatic heterocycles. The van der Waals surface area contributed by atoms with Crippen LogP contribution in [0.2, 0.25) is 10.4 Å². The van der Waals surface area contributed by atoms with Gasteiger partial charge in [-0.15, -0.1) is 0 Å². The van der Waals surface area contributed by atoms with Crippen LogP contribution in [-0.2, 0) is 0 Å². The van der Waals surface area contributed by atoms with E-state index in [4.69, 9.17) is 37.7 Å². The number of nitrogens with zero attached hydrogens (tertiary/aromatic N) is 5. The number of unbranched alkanes of at least 4 members (excludes halogenated alkanes) is 13. The molecular formula is C57H102Cl2N6O3. The molecule has 0 bridgehead atoms. The first kappa shape index (κ1) is 60.3. The van der Waals surface area contributed by atoms with Gasteiger partial charge in [-0.25, -0.2) is 4.98 Å². The van der Waals surface area contributed by atoms with E-state index in [-0.39, 0.29) is 5.28 Å². The van der Waals surface area contributed by atoms with Crippen LogP contribution in [0.1, 0.15) is 276 Å². The number of hydrogen-bond donors (Lipinski definition) is 2. The first-order valence-electron chi connectivity index (χ1n) is 28.9. The minimum atomic E-state index is 0.205. The highest BCUT2D eigenvalue weighted by Crippen LogP contribution is 2.27. The Morgan fingerprint density at radius 2 is 0.897 bits per heavy atom. The smallest absolute Gasteiger partial charge is 0.322 e. The normalized spacial score (nSPS) is 16.1. The molecule has 0 aromatic carbocycles. The van der Waals surface area contributed by atoms with Crippen molar-refractivity contribution in [1.29, 1.82) is 0 Å². The molecule has 9 nitrogen and oxygen atoms in total. The molecule has 1 aliphatic rings. The Bertz CT molecular complexity index is 1440. The van der Waals surface area contributed by atoms with Crippen LogP contribution in [0.5, 0.6) is 12.0 Å². The van der Waals surface area contributed by atoms with E-state index in [0.29, 0.717) is 66.7 Å². The number of rotatable bonds is 37. The lowest BCUT2D eigenvalue weighted by Crippen LogP contribution is -2.21. The average Bonchev–Trinajstić information content (AvgIpc) is 3.32. The molecule has 2 N–H and O–H groups in total. The number of nitrogens with one attached hydrogen (secondary N) is 1. The summed E-state index contributed by atoms with van der Waals surface area (Å²) < 4.78 is 12.1. The van der Waals surface area contributed by atoms with E-state index in [1.807, 2.05) is 6.92 Å². The third-order valence-corrected chi connectivity index (χ3v) is 15.1. The monoisotopic (exact) mass is 989 g/mol. The standard InChI is InChI=1S/C57H102Cl2N6O3/c1-4-6-8-26-36-51(42-45-67-56-60-48(3)47-53(58)62-56)38-30-22-18-20-28-35-49(41-44-66)34-27-19-17-21-29-37-50(33-25-7-5-2)43-46-68-57-64-54(59)63-55(65-57)61-52-39-31-23-15-13-11-9-10-12-14-16-24-32-40-52/h47,49-52,66H,4-46H2,1-3H3,(H,61,63,64,65). The maximum atomic E-state index is 9.83.